The zero-order valence-corrected chi connectivity index (χ0v) is 13.6. The summed E-state index contributed by atoms with van der Waals surface area (Å²) in [5.74, 6) is 0. The molecule has 0 aromatic carbocycles. The number of halogens is 2. The van der Waals surface area contributed by atoms with Crippen molar-refractivity contribution >= 4 is 24.8 Å². The van der Waals surface area contributed by atoms with Crippen LogP contribution >= 0.6 is 24.8 Å². The molecule has 0 spiro atoms. The molecule has 1 rings (SSSR count). The molecule has 0 fully saturated rings. The van der Waals surface area contributed by atoms with Gasteiger partial charge in [0.2, 0.25) is 0 Å². The normalized spacial score (nSPS) is 9.08. The largest absolute Gasteiger partial charge is 0.358 e. The second-order valence-corrected chi connectivity index (χ2v) is 1.86. The Morgan fingerprint density at radius 3 is 1.92 bits per heavy atom. The molecule has 0 radical (unpaired) electrons. The molecule has 0 saturated heterocycles. The molecule has 1 aliphatic rings. The van der Waals surface area contributed by atoms with Crippen LogP contribution in [0.4, 0.5) is 0 Å². The molecule has 0 nitrogen and oxygen atoms in total. The van der Waals surface area contributed by atoms with Crippen LogP contribution in [0, 0.1) is 20.4 Å². The van der Waals surface area contributed by atoms with Crippen molar-refractivity contribution in [3.63, 3.8) is 0 Å². The Balaban J connectivity index is -0.0000000256. The van der Waals surface area contributed by atoms with Gasteiger partial charge < -0.3 is 14.4 Å². The maximum Gasteiger partial charge on any atom is 0 e. The van der Waals surface area contributed by atoms with Gasteiger partial charge in [0.15, 0.2) is 0 Å². The summed E-state index contributed by atoms with van der Waals surface area (Å²) in [4.78, 5) is 0. The van der Waals surface area contributed by atoms with Crippen molar-refractivity contribution in [1.29, 1.82) is 0 Å². The Morgan fingerprint density at radius 2 is 1.85 bits per heavy atom. The molecule has 1 aliphatic carbocycles. The predicted octanol–water partition coefficient (Wildman–Crippen LogP) is 4.22. The first-order valence-corrected chi connectivity index (χ1v) is 3.42. The van der Waals surface area contributed by atoms with Gasteiger partial charge in [-0.3, -0.25) is 6.08 Å². The fourth-order valence-electron chi connectivity index (χ4n) is 0.340. The fraction of sp³-hybridized carbons (Fsp3) is 0.400. The second kappa shape index (κ2) is 29.3. The fourth-order valence-corrected chi connectivity index (χ4v) is 0.340. The Morgan fingerprint density at radius 1 is 1.38 bits per heavy atom. The van der Waals surface area contributed by atoms with Gasteiger partial charge in [-0.1, -0.05) is 13.3 Å². The van der Waals surface area contributed by atoms with E-state index in [1.54, 1.807) is 0 Å². The molecule has 0 aliphatic heterocycles. The first kappa shape index (κ1) is 29.2. The third-order valence-electron chi connectivity index (χ3n) is 0.939. The SMILES string of the molecule is Cl.Cl.[C-]1=CC=CC1.[CH2-]CCC.[CH3-].[Hf]. The molecule has 0 amide bonds. The van der Waals surface area contributed by atoms with Gasteiger partial charge in [-0.25, -0.2) is 12.2 Å². The van der Waals surface area contributed by atoms with Gasteiger partial charge in [0.1, 0.15) is 0 Å². The molecule has 0 heterocycles. The third-order valence-corrected chi connectivity index (χ3v) is 0.939. The maximum absolute atomic E-state index is 3.60. The maximum atomic E-state index is 3.60. The molecule has 0 unspecified atom stereocenters. The number of rotatable bonds is 1. The van der Waals surface area contributed by atoms with Crippen LogP contribution in [0.1, 0.15) is 26.2 Å². The molecule has 80 valence electrons. The molecule has 0 saturated carbocycles. The van der Waals surface area contributed by atoms with Crippen LogP contribution in [-0.4, -0.2) is 0 Å². The average Bonchev–Trinajstić information content (AvgIpc) is 2.43. The third kappa shape index (κ3) is 32.2. The van der Waals surface area contributed by atoms with Crippen LogP contribution in [0.15, 0.2) is 18.2 Å². The van der Waals surface area contributed by atoms with E-state index in [1.807, 2.05) is 12.2 Å². The van der Waals surface area contributed by atoms with Gasteiger partial charge in [0, 0.05) is 25.8 Å². The van der Waals surface area contributed by atoms with Crippen molar-refractivity contribution in [3.8, 4) is 0 Å². The number of allylic oxidation sites excluding steroid dienone is 4. The number of unbranched alkanes of at least 4 members (excludes halogenated alkanes) is 1. The van der Waals surface area contributed by atoms with Crippen molar-refractivity contribution in [3.05, 3.63) is 38.7 Å². The van der Waals surface area contributed by atoms with Crippen molar-refractivity contribution in [2.45, 2.75) is 26.2 Å². The van der Waals surface area contributed by atoms with Gasteiger partial charge in [-0.05, 0) is 0 Å². The summed E-state index contributed by atoms with van der Waals surface area (Å²) < 4.78 is 0. The first-order chi connectivity index (χ1) is 4.41. The van der Waals surface area contributed by atoms with Crippen LogP contribution in [0.5, 0.6) is 0 Å². The van der Waals surface area contributed by atoms with Gasteiger partial charge >= 0.3 is 0 Å². The van der Waals surface area contributed by atoms with Gasteiger partial charge in [0.25, 0.3) is 0 Å². The molecule has 0 atom stereocenters. The van der Waals surface area contributed by atoms with E-state index in [2.05, 4.69) is 26.0 Å². The predicted molar refractivity (Wildman–Crippen MR) is 62.7 cm³/mol. The molecule has 0 aromatic heterocycles. The van der Waals surface area contributed by atoms with E-state index in [-0.39, 0.29) is 58.1 Å². The summed E-state index contributed by atoms with van der Waals surface area (Å²) >= 11 is 0. The molecule has 13 heavy (non-hydrogen) atoms. The summed E-state index contributed by atoms with van der Waals surface area (Å²) in [6.45, 7) is 5.72. The van der Waals surface area contributed by atoms with E-state index >= 15 is 0 Å². The molecular formula is C10H19Cl2Hf-3. The molecule has 0 aromatic rings. The van der Waals surface area contributed by atoms with Crippen LogP contribution in [0.25, 0.3) is 0 Å². The molecule has 0 N–H and O–H groups in total. The van der Waals surface area contributed by atoms with Crippen LogP contribution in [0.2, 0.25) is 0 Å². The van der Waals surface area contributed by atoms with Gasteiger partial charge in [-0.2, -0.15) is 12.5 Å². The molecule has 3 heteroatoms. The summed E-state index contributed by atoms with van der Waals surface area (Å²) in [7, 11) is 0. The van der Waals surface area contributed by atoms with Gasteiger partial charge in [0.05, 0.1) is 0 Å². The summed E-state index contributed by atoms with van der Waals surface area (Å²) in [5, 5.41) is 0. The average molecular weight is 389 g/mol. The first-order valence-electron chi connectivity index (χ1n) is 3.42. The molecule has 0 bridgehead atoms. The van der Waals surface area contributed by atoms with E-state index < -0.39 is 0 Å². The van der Waals surface area contributed by atoms with Crippen molar-refractivity contribution < 1.29 is 25.8 Å². The second-order valence-electron chi connectivity index (χ2n) is 1.86. The van der Waals surface area contributed by atoms with Gasteiger partial charge in [-0.15, -0.1) is 31.2 Å². The van der Waals surface area contributed by atoms with Crippen molar-refractivity contribution in [2.24, 2.45) is 0 Å². The minimum atomic E-state index is 0. The minimum absolute atomic E-state index is 0. The Hall–Kier alpha value is 0.930. The Bertz CT molecular complexity index is 89.1. The van der Waals surface area contributed by atoms with E-state index in [1.165, 1.54) is 6.42 Å². The monoisotopic (exact) mass is 389 g/mol. The summed E-state index contributed by atoms with van der Waals surface area (Å²) in [5.41, 5.74) is 0. The molecular weight excluding hydrogens is 370 g/mol. The number of hydrogen-bond donors (Lipinski definition) is 0. The summed E-state index contributed by atoms with van der Waals surface area (Å²) in [6.07, 6.45) is 12.3. The zero-order chi connectivity index (χ0) is 6.95. The van der Waals surface area contributed by atoms with Crippen molar-refractivity contribution in [1.82, 2.24) is 0 Å². The smallest absolute Gasteiger partial charge is 0 e. The van der Waals surface area contributed by atoms with E-state index in [0.29, 0.717) is 0 Å². The van der Waals surface area contributed by atoms with Crippen LogP contribution in [0.3, 0.4) is 0 Å². The van der Waals surface area contributed by atoms with Crippen LogP contribution < -0.4 is 0 Å². The number of hydrogen-bond acceptors (Lipinski definition) is 0. The quantitative estimate of drug-likeness (QED) is 0.466. The Kier molecular flexibility index (Phi) is 65.7. The van der Waals surface area contributed by atoms with E-state index in [0.717, 1.165) is 12.8 Å². The zero-order valence-electron chi connectivity index (χ0n) is 8.38. The topological polar surface area (TPSA) is 0 Å². The Labute approximate surface area is 115 Å². The van der Waals surface area contributed by atoms with E-state index in [4.69, 9.17) is 0 Å². The van der Waals surface area contributed by atoms with Crippen molar-refractivity contribution in [2.75, 3.05) is 0 Å². The summed E-state index contributed by atoms with van der Waals surface area (Å²) in [6, 6.07) is 0. The standard InChI is InChI=1S/C5H5.C4H9.CH3.2ClH.Hf/c1-2-4-5-3-1;1-3-4-2;;;;/h1-3H,4H2;1,3-4H2,2H3;1H3;2*1H;/q3*-1;;;. The van der Waals surface area contributed by atoms with Crippen LogP contribution in [-0.2, 0) is 25.8 Å². The minimum Gasteiger partial charge on any atom is -0.358 e. The van der Waals surface area contributed by atoms with E-state index in [9.17, 15) is 0 Å².